The lowest BCUT2D eigenvalue weighted by molar-refractivity contribution is -0.165. The molecule has 13 atom stereocenters. The van der Waals surface area contributed by atoms with Crippen LogP contribution >= 0.6 is 15.6 Å². The van der Waals surface area contributed by atoms with Crippen molar-refractivity contribution >= 4 is 27.6 Å². The molecule has 1 unspecified atom stereocenters. The van der Waals surface area contributed by atoms with Crippen LogP contribution in [0.25, 0.3) is 0 Å². The molecule has 10 N–H and O–H groups in total. The van der Waals surface area contributed by atoms with Gasteiger partial charge < -0.3 is 59.9 Å². The van der Waals surface area contributed by atoms with Crippen molar-refractivity contribution in [2.75, 3.05) is 13.2 Å². The summed E-state index contributed by atoms with van der Waals surface area (Å²) in [5.41, 5.74) is 0. The van der Waals surface area contributed by atoms with Crippen molar-refractivity contribution in [1.29, 1.82) is 0 Å². The minimum Gasteiger partial charge on any atom is -0.461 e. The number of carbonyl (C=O) groups is 2. The number of rotatable bonds is 25. The molecule has 0 radical (unpaired) electrons. The van der Waals surface area contributed by atoms with Crippen molar-refractivity contribution in [3.63, 3.8) is 0 Å². The van der Waals surface area contributed by atoms with Gasteiger partial charge in [0.1, 0.15) is 31.0 Å². The summed E-state index contributed by atoms with van der Waals surface area (Å²) in [5.74, 6) is -4.79. The Morgan fingerprint density at radius 2 is 1.43 bits per heavy atom. The molecular weight excluding hydrogens is 954 g/mol. The van der Waals surface area contributed by atoms with Crippen LogP contribution in [0.5, 0.6) is 0 Å². The highest BCUT2D eigenvalue weighted by Gasteiger charge is 2.51. The summed E-state index contributed by atoms with van der Waals surface area (Å²) >= 11 is 0. The second-order valence-corrected chi connectivity index (χ2v) is 20.4. The second-order valence-electron chi connectivity index (χ2n) is 17.8. The molecule has 402 valence electrons. The fourth-order valence-electron chi connectivity index (χ4n) is 7.93. The number of cyclic esters (lactones) is 1. The normalized spacial score (nSPS) is 31.4. The fourth-order valence-corrected chi connectivity index (χ4v) is 9.46. The zero-order valence-electron chi connectivity index (χ0n) is 40.7. The summed E-state index contributed by atoms with van der Waals surface area (Å²) < 4.78 is 52.0. The number of unbranched alkanes of at least 4 members (excludes halogenated alkanes) is 8. The Morgan fingerprint density at radius 3 is 2.07 bits per heavy atom. The van der Waals surface area contributed by atoms with E-state index < -0.39 is 120 Å². The van der Waals surface area contributed by atoms with Crippen LogP contribution in [0.15, 0.2) is 72.9 Å². The van der Waals surface area contributed by atoms with Crippen molar-refractivity contribution in [3.05, 3.63) is 72.9 Å². The third kappa shape index (κ3) is 26.9. The molecule has 19 nitrogen and oxygen atoms in total. The number of phosphoric acid groups is 2. The van der Waals surface area contributed by atoms with E-state index in [1.165, 1.54) is 18.2 Å². The van der Waals surface area contributed by atoms with Gasteiger partial charge in [0.2, 0.25) is 0 Å². The maximum absolute atomic E-state index is 13.7. The molecule has 1 aliphatic carbocycles. The standard InChI is InChI=1S/C49H82O19P2/c1-3-5-7-8-9-10-11-12-13-14-15-16-17-18-19-20-21-22-24-30-43(54)66-37-34-64-42(53)29-26-25-28-38-40(51)33-41(52)39(32-31-36(50)27-23-6-4-2)45(56)48(67-69(59,60)61)49(47(58)46(57)44(38)55)68-70(62,63)65-35-37/h5,7,9-10,12-13,15-16,25-26,31-32,36-41,44-52,55-58H,3-4,6,8,11,14,17-24,27-30,33-35H2,1-2H3,(H,62,63)(H2,59,60,61)/b7-5-,10-9-,13-12-,16-15-,26-25-,32-31+/t36-,37-,38-,39+,40+,41-,44-,45-,46+,47-,48-,49+/m1/s1. The van der Waals surface area contributed by atoms with E-state index in [4.69, 9.17) is 23.0 Å². The number of aliphatic hydroxyl groups excluding tert-OH is 7. The van der Waals surface area contributed by atoms with E-state index in [0.29, 0.717) is 19.3 Å². The third-order valence-corrected chi connectivity index (χ3v) is 13.4. The molecule has 2 rings (SSSR count). The Labute approximate surface area is 413 Å². The lowest BCUT2D eigenvalue weighted by Crippen LogP contribution is -2.56. The molecule has 2 aliphatic rings. The number of carbonyl (C=O) groups excluding carboxylic acids is 2. The molecule has 0 spiro atoms. The maximum Gasteiger partial charge on any atom is 0.472 e. The Bertz CT molecular complexity index is 1750. The Balaban J connectivity index is 2.22. The van der Waals surface area contributed by atoms with Crippen LogP contribution < -0.4 is 0 Å². The summed E-state index contributed by atoms with van der Waals surface area (Å²) in [5, 5.41) is 79.4. The summed E-state index contributed by atoms with van der Waals surface area (Å²) in [4.78, 5) is 56.7. The molecular formula is C49H82O19P2. The van der Waals surface area contributed by atoms with Gasteiger partial charge in [0.05, 0.1) is 43.5 Å². The number of aliphatic hydroxyl groups is 7. The van der Waals surface area contributed by atoms with E-state index in [2.05, 4.69) is 55.5 Å². The molecule has 1 heterocycles. The topological polar surface area (TPSA) is 317 Å². The third-order valence-electron chi connectivity index (χ3n) is 11.9. The van der Waals surface area contributed by atoms with Gasteiger partial charge in [-0.1, -0.05) is 132 Å². The van der Waals surface area contributed by atoms with Gasteiger partial charge >= 0.3 is 27.6 Å². The smallest absolute Gasteiger partial charge is 0.461 e. The molecule has 21 heteroatoms. The van der Waals surface area contributed by atoms with Crippen LogP contribution in [0.1, 0.15) is 136 Å². The minimum atomic E-state index is -5.77. The van der Waals surface area contributed by atoms with Gasteiger partial charge in [0.15, 0.2) is 6.10 Å². The van der Waals surface area contributed by atoms with Crippen molar-refractivity contribution in [1.82, 2.24) is 0 Å². The van der Waals surface area contributed by atoms with Crippen LogP contribution in [0.3, 0.4) is 0 Å². The van der Waals surface area contributed by atoms with Crippen LogP contribution in [0.4, 0.5) is 0 Å². The van der Waals surface area contributed by atoms with Crippen LogP contribution in [-0.2, 0) is 41.8 Å². The van der Waals surface area contributed by atoms with Crippen molar-refractivity contribution < 1.29 is 92.2 Å². The SMILES string of the molecule is CC/C=C\C/C=C\C/C=C\C/C=C\CCCCCCCCC(=O)O[C@@H]1COC(=O)C/C=C\C[C@H]2[C@@H](O)[C@H](O)[C@@H](O)[C@H](OP(=O)(O)OC1)[C@H](OP(=O)(O)O)[C@H](O)[C@@H](/C=C/[C@H](O)CCCCC)[C@H](O)C[C@@H]2O. The second kappa shape index (κ2) is 35.5. The van der Waals surface area contributed by atoms with Gasteiger partial charge in [-0.3, -0.25) is 23.2 Å². The van der Waals surface area contributed by atoms with Gasteiger partial charge in [0, 0.05) is 24.7 Å². The fraction of sp³-hybridized carbons (Fsp3) is 0.714. The number of phosphoric ester groups is 2. The van der Waals surface area contributed by atoms with E-state index in [-0.39, 0.29) is 25.7 Å². The Hall–Kier alpha value is -2.68. The monoisotopic (exact) mass is 1040 g/mol. The molecule has 0 aromatic heterocycles. The summed E-state index contributed by atoms with van der Waals surface area (Å²) in [6, 6.07) is 0. The lowest BCUT2D eigenvalue weighted by Gasteiger charge is -2.38. The highest BCUT2D eigenvalue weighted by molar-refractivity contribution is 7.47. The first-order chi connectivity index (χ1) is 33.3. The van der Waals surface area contributed by atoms with E-state index in [0.717, 1.165) is 76.7 Å². The van der Waals surface area contributed by atoms with E-state index >= 15 is 0 Å². The predicted molar refractivity (Wildman–Crippen MR) is 261 cm³/mol. The molecule has 0 aromatic carbocycles. The maximum atomic E-state index is 13.7. The average Bonchev–Trinajstić information content (AvgIpc) is 3.30. The van der Waals surface area contributed by atoms with Crippen LogP contribution in [-0.4, -0.2) is 137 Å². The molecule has 0 saturated heterocycles. The molecule has 70 heavy (non-hydrogen) atoms. The zero-order valence-corrected chi connectivity index (χ0v) is 42.5. The molecule has 1 fully saturated rings. The quantitative estimate of drug-likeness (QED) is 0.0217. The van der Waals surface area contributed by atoms with Gasteiger partial charge in [-0.2, -0.15) is 0 Å². The van der Waals surface area contributed by atoms with Gasteiger partial charge in [-0.05, 0) is 57.8 Å². The van der Waals surface area contributed by atoms with Crippen molar-refractivity contribution in [2.45, 2.75) is 197 Å². The number of hydrogen-bond donors (Lipinski definition) is 10. The molecule has 2 bridgehead atoms. The van der Waals surface area contributed by atoms with Crippen LogP contribution in [0, 0.1) is 11.8 Å². The number of hydrogen-bond acceptors (Lipinski definition) is 16. The largest absolute Gasteiger partial charge is 0.472 e. The predicted octanol–water partition coefficient (Wildman–Crippen LogP) is 6.00. The molecule has 1 saturated carbocycles. The highest BCUT2D eigenvalue weighted by atomic mass is 31.2. The number of allylic oxidation sites excluding steroid dienone is 9. The molecule has 1 aliphatic heterocycles. The number of ether oxygens (including phenoxy) is 2. The number of fused-ring (bicyclic) bond motifs is 4. The molecule has 0 amide bonds. The minimum absolute atomic E-state index is 0.0551. The Kier molecular flexibility index (Phi) is 32.1. The van der Waals surface area contributed by atoms with Crippen LogP contribution in [0.2, 0.25) is 0 Å². The zero-order chi connectivity index (χ0) is 52.0. The van der Waals surface area contributed by atoms with E-state index in [1.807, 2.05) is 6.92 Å². The van der Waals surface area contributed by atoms with E-state index in [9.17, 15) is 69.1 Å². The first kappa shape index (κ1) is 63.4. The highest BCUT2D eigenvalue weighted by Crippen LogP contribution is 2.50. The lowest BCUT2D eigenvalue weighted by atomic mass is 9.83. The first-order valence-electron chi connectivity index (χ1n) is 24.7. The first-order valence-corrected chi connectivity index (χ1v) is 27.8. The summed E-state index contributed by atoms with van der Waals surface area (Å²) in [7, 11) is -11.4. The summed E-state index contributed by atoms with van der Waals surface area (Å²) in [6.45, 7) is 2.40. The molecule has 0 aromatic rings. The Morgan fingerprint density at radius 1 is 0.800 bits per heavy atom. The number of esters is 2. The van der Waals surface area contributed by atoms with Crippen molar-refractivity contribution in [3.8, 4) is 0 Å². The van der Waals surface area contributed by atoms with E-state index in [1.54, 1.807) is 0 Å². The van der Waals surface area contributed by atoms with Gasteiger partial charge in [-0.15, -0.1) is 0 Å². The van der Waals surface area contributed by atoms with Gasteiger partial charge in [0.25, 0.3) is 0 Å². The summed E-state index contributed by atoms with van der Waals surface area (Å²) in [6.07, 6.45) is 11.7. The average molecular weight is 1040 g/mol. The van der Waals surface area contributed by atoms with Gasteiger partial charge in [-0.25, -0.2) is 9.13 Å². The van der Waals surface area contributed by atoms with Crippen molar-refractivity contribution in [2.24, 2.45) is 11.8 Å².